The molecular weight excluding hydrogens is 372 g/mol. The third-order valence-corrected chi connectivity index (χ3v) is 4.28. The van der Waals surface area contributed by atoms with Crippen molar-refractivity contribution in [1.82, 2.24) is 29.3 Å². The molecule has 27 heavy (non-hydrogen) atoms. The topological polar surface area (TPSA) is 112 Å². The van der Waals surface area contributed by atoms with Crippen LogP contribution in [0.4, 0.5) is 11.4 Å². The maximum absolute atomic E-state index is 12.7. The van der Waals surface area contributed by atoms with Crippen LogP contribution in [0.5, 0.6) is 0 Å². The molecule has 3 rings (SSSR count). The SMILES string of the molecule is Cc1c(NC(=O)c2c(NC(=O)CCn3cc(Cl)cn3)cnn2C)cnn1C. The molecule has 0 radical (unpaired) electrons. The highest BCUT2D eigenvalue weighted by atomic mass is 35.5. The van der Waals surface area contributed by atoms with E-state index >= 15 is 0 Å². The Kier molecular flexibility index (Phi) is 5.26. The van der Waals surface area contributed by atoms with Gasteiger partial charge < -0.3 is 10.6 Å². The van der Waals surface area contributed by atoms with E-state index in [4.69, 9.17) is 11.6 Å². The summed E-state index contributed by atoms with van der Waals surface area (Å²) >= 11 is 5.80. The molecule has 0 unspecified atom stereocenters. The number of anilines is 2. The van der Waals surface area contributed by atoms with E-state index in [2.05, 4.69) is 25.9 Å². The van der Waals surface area contributed by atoms with E-state index < -0.39 is 0 Å². The highest BCUT2D eigenvalue weighted by Gasteiger charge is 2.20. The molecule has 0 saturated heterocycles. The Morgan fingerprint density at radius 1 is 1.04 bits per heavy atom. The minimum Gasteiger partial charge on any atom is -0.323 e. The van der Waals surface area contributed by atoms with E-state index in [0.717, 1.165) is 5.69 Å². The van der Waals surface area contributed by atoms with Crippen molar-refractivity contribution >= 4 is 34.8 Å². The second kappa shape index (κ2) is 7.62. The van der Waals surface area contributed by atoms with Crippen LogP contribution < -0.4 is 10.6 Å². The van der Waals surface area contributed by atoms with Gasteiger partial charge in [-0.15, -0.1) is 0 Å². The quantitative estimate of drug-likeness (QED) is 0.663. The fourth-order valence-electron chi connectivity index (χ4n) is 2.49. The average molecular weight is 391 g/mol. The van der Waals surface area contributed by atoms with Crippen LogP contribution in [0.2, 0.25) is 5.02 Å². The van der Waals surface area contributed by atoms with Crippen molar-refractivity contribution in [2.75, 3.05) is 10.6 Å². The summed E-state index contributed by atoms with van der Waals surface area (Å²) in [7, 11) is 3.42. The first-order chi connectivity index (χ1) is 12.8. The van der Waals surface area contributed by atoms with E-state index in [1.165, 1.54) is 17.1 Å². The van der Waals surface area contributed by atoms with Crippen molar-refractivity contribution in [3.05, 3.63) is 41.2 Å². The molecule has 0 bridgehead atoms. The number of carbonyl (C=O) groups excluding carboxylic acids is 2. The number of nitrogens with zero attached hydrogens (tertiary/aromatic N) is 6. The van der Waals surface area contributed by atoms with Crippen LogP contribution in [0.3, 0.4) is 0 Å². The first-order valence-electron chi connectivity index (χ1n) is 8.15. The lowest BCUT2D eigenvalue weighted by Crippen LogP contribution is -2.21. The summed E-state index contributed by atoms with van der Waals surface area (Å²) in [6, 6.07) is 0. The van der Waals surface area contributed by atoms with E-state index in [9.17, 15) is 9.59 Å². The molecule has 11 heteroatoms. The maximum Gasteiger partial charge on any atom is 0.276 e. The second-order valence-electron chi connectivity index (χ2n) is 5.97. The van der Waals surface area contributed by atoms with Crippen LogP contribution in [0, 0.1) is 6.92 Å². The number of halogens is 1. The van der Waals surface area contributed by atoms with Gasteiger partial charge in [0.15, 0.2) is 0 Å². The van der Waals surface area contributed by atoms with Gasteiger partial charge in [0, 0.05) is 33.3 Å². The Morgan fingerprint density at radius 3 is 2.37 bits per heavy atom. The van der Waals surface area contributed by atoms with Crippen LogP contribution in [-0.2, 0) is 25.4 Å². The predicted molar refractivity (Wildman–Crippen MR) is 99.6 cm³/mol. The van der Waals surface area contributed by atoms with Gasteiger partial charge in [-0.2, -0.15) is 15.3 Å². The van der Waals surface area contributed by atoms with Crippen LogP contribution in [-0.4, -0.2) is 41.2 Å². The molecule has 0 aromatic carbocycles. The number of hydrogen-bond donors (Lipinski definition) is 2. The first kappa shape index (κ1) is 18.6. The van der Waals surface area contributed by atoms with Crippen molar-refractivity contribution in [2.24, 2.45) is 14.1 Å². The predicted octanol–water partition coefficient (Wildman–Crippen LogP) is 1.59. The average Bonchev–Trinajstić information content (AvgIpc) is 3.29. The van der Waals surface area contributed by atoms with E-state index in [1.807, 2.05) is 6.92 Å². The van der Waals surface area contributed by atoms with Crippen LogP contribution >= 0.6 is 11.6 Å². The summed E-state index contributed by atoms with van der Waals surface area (Å²) in [6.45, 7) is 2.21. The molecule has 3 aromatic heterocycles. The molecular formula is C16H19ClN8O2. The highest BCUT2D eigenvalue weighted by Crippen LogP contribution is 2.19. The lowest BCUT2D eigenvalue weighted by molar-refractivity contribution is -0.116. The first-order valence-corrected chi connectivity index (χ1v) is 8.52. The molecule has 0 atom stereocenters. The largest absolute Gasteiger partial charge is 0.323 e. The van der Waals surface area contributed by atoms with Gasteiger partial charge in [-0.3, -0.25) is 23.6 Å². The maximum atomic E-state index is 12.7. The van der Waals surface area contributed by atoms with Gasteiger partial charge in [0.2, 0.25) is 5.91 Å². The van der Waals surface area contributed by atoms with Crippen molar-refractivity contribution in [3.63, 3.8) is 0 Å². The zero-order chi connectivity index (χ0) is 19.6. The number of amides is 2. The van der Waals surface area contributed by atoms with Gasteiger partial charge in [0.25, 0.3) is 5.91 Å². The van der Waals surface area contributed by atoms with E-state index in [1.54, 1.807) is 35.9 Å². The van der Waals surface area contributed by atoms with E-state index in [0.29, 0.717) is 22.9 Å². The molecule has 0 fully saturated rings. The molecule has 10 nitrogen and oxygen atoms in total. The molecule has 0 aliphatic carbocycles. The fourth-order valence-corrected chi connectivity index (χ4v) is 2.65. The number of rotatable bonds is 6. The monoisotopic (exact) mass is 390 g/mol. The summed E-state index contributed by atoms with van der Waals surface area (Å²) in [5.74, 6) is -0.651. The number of aryl methyl sites for hydroxylation is 3. The zero-order valence-electron chi connectivity index (χ0n) is 15.1. The normalized spacial score (nSPS) is 10.8. The molecule has 0 spiro atoms. The third-order valence-electron chi connectivity index (χ3n) is 4.08. The molecule has 3 heterocycles. The van der Waals surface area contributed by atoms with Crippen LogP contribution in [0.15, 0.2) is 24.8 Å². The van der Waals surface area contributed by atoms with Gasteiger partial charge in [-0.05, 0) is 6.92 Å². The highest BCUT2D eigenvalue weighted by molar-refractivity contribution is 6.30. The zero-order valence-corrected chi connectivity index (χ0v) is 15.9. The Balaban J connectivity index is 1.67. The van der Waals surface area contributed by atoms with Gasteiger partial charge in [-0.1, -0.05) is 11.6 Å². The summed E-state index contributed by atoms with van der Waals surface area (Å²) in [6.07, 6.45) is 6.32. The lowest BCUT2D eigenvalue weighted by atomic mass is 10.3. The fraction of sp³-hybridized carbons (Fsp3) is 0.312. The molecule has 2 amide bonds. The summed E-state index contributed by atoms with van der Waals surface area (Å²) in [5.41, 5.74) is 1.99. The van der Waals surface area contributed by atoms with Gasteiger partial charge >= 0.3 is 0 Å². The van der Waals surface area contributed by atoms with Crippen molar-refractivity contribution < 1.29 is 9.59 Å². The molecule has 142 valence electrons. The summed E-state index contributed by atoms with van der Waals surface area (Å²) < 4.78 is 4.64. The number of nitrogens with one attached hydrogen (secondary N) is 2. The molecule has 2 N–H and O–H groups in total. The lowest BCUT2D eigenvalue weighted by Gasteiger charge is -2.09. The molecule has 0 aliphatic rings. The smallest absolute Gasteiger partial charge is 0.276 e. The third kappa shape index (κ3) is 4.17. The Morgan fingerprint density at radius 2 is 1.74 bits per heavy atom. The van der Waals surface area contributed by atoms with Crippen LogP contribution in [0.25, 0.3) is 0 Å². The Bertz CT molecular complexity index is 987. The Hall–Kier alpha value is -3.14. The van der Waals surface area contributed by atoms with Crippen molar-refractivity contribution in [1.29, 1.82) is 0 Å². The minimum absolute atomic E-state index is 0.176. The summed E-state index contributed by atoms with van der Waals surface area (Å²) in [4.78, 5) is 24.9. The summed E-state index contributed by atoms with van der Waals surface area (Å²) in [5, 5.41) is 18.2. The van der Waals surface area contributed by atoms with E-state index in [-0.39, 0.29) is 23.9 Å². The number of hydrogen-bond acceptors (Lipinski definition) is 5. The molecule has 0 saturated carbocycles. The van der Waals surface area contributed by atoms with Crippen molar-refractivity contribution in [2.45, 2.75) is 19.9 Å². The standard InChI is InChI=1S/C16H19ClN8O2/c1-10-12(7-18-23(10)2)22-16(27)15-13(8-19-24(15)3)21-14(26)4-5-25-9-11(17)6-20-25/h6-9H,4-5H2,1-3H3,(H,21,26)(H,22,27). The van der Waals surface area contributed by atoms with Gasteiger partial charge in [0.05, 0.1) is 40.7 Å². The molecule has 0 aliphatic heterocycles. The number of aromatic nitrogens is 6. The molecule has 3 aromatic rings. The van der Waals surface area contributed by atoms with Gasteiger partial charge in [0.1, 0.15) is 5.69 Å². The van der Waals surface area contributed by atoms with Crippen molar-refractivity contribution in [3.8, 4) is 0 Å². The van der Waals surface area contributed by atoms with Crippen LogP contribution in [0.1, 0.15) is 22.6 Å². The minimum atomic E-state index is -0.389. The second-order valence-corrected chi connectivity index (χ2v) is 6.41. The number of carbonyl (C=O) groups is 2. The van der Waals surface area contributed by atoms with Gasteiger partial charge in [-0.25, -0.2) is 0 Å². The Labute approximate surface area is 160 Å².